The molecule has 1 aliphatic heterocycles. The third-order valence-corrected chi connectivity index (χ3v) is 5.23. The molecule has 1 atom stereocenters. The Kier molecular flexibility index (Phi) is 7.14. The number of aromatic nitrogens is 1. The zero-order valence-electron chi connectivity index (χ0n) is 17.1. The molecule has 1 aromatic carbocycles. The van der Waals surface area contributed by atoms with Crippen molar-refractivity contribution in [2.75, 3.05) is 18.5 Å². The second-order valence-corrected chi connectivity index (χ2v) is 7.32. The summed E-state index contributed by atoms with van der Waals surface area (Å²) in [6.07, 6.45) is 0.676. The van der Waals surface area contributed by atoms with E-state index in [-0.39, 0.29) is 29.0 Å². The van der Waals surface area contributed by atoms with Gasteiger partial charge in [0.2, 0.25) is 0 Å². The SMILES string of the molecule is CC[C@H]1CCCCN1C(=O)COC(=O)c1cccnc1Nc1cccc(C(F)(F)F)c1. The number of nitrogens with one attached hydrogen (secondary N) is 1. The molecule has 0 saturated carbocycles. The van der Waals surface area contributed by atoms with E-state index in [0.29, 0.717) is 6.54 Å². The molecule has 0 spiro atoms. The fraction of sp³-hybridized carbons (Fsp3) is 0.409. The molecule has 9 heteroatoms. The molecule has 1 fully saturated rings. The summed E-state index contributed by atoms with van der Waals surface area (Å²) in [5.74, 6) is -0.985. The van der Waals surface area contributed by atoms with Crippen molar-refractivity contribution in [3.63, 3.8) is 0 Å². The van der Waals surface area contributed by atoms with Gasteiger partial charge in [-0.3, -0.25) is 4.79 Å². The lowest BCUT2D eigenvalue weighted by Crippen LogP contribution is -2.45. The molecule has 1 aromatic heterocycles. The van der Waals surface area contributed by atoms with Crippen LogP contribution in [-0.4, -0.2) is 41.0 Å². The van der Waals surface area contributed by atoms with Crippen molar-refractivity contribution in [3.05, 3.63) is 53.7 Å². The summed E-state index contributed by atoms with van der Waals surface area (Å²) in [4.78, 5) is 30.9. The number of esters is 1. The number of hydrogen-bond donors (Lipinski definition) is 1. The number of benzene rings is 1. The fourth-order valence-electron chi connectivity index (χ4n) is 3.62. The van der Waals surface area contributed by atoms with Crippen molar-refractivity contribution in [2.45, 2.75) is 44.8 Å². The highest BCUT2D eigenvalue weighted by atomic mass is 19.4. The highest BCUT2D eigenvalue weighted by molar-refractivity contribution is 5.96. The maximum atomic E-state index is 12.9. The monoisotopic (exact) mass is 435 g/mol. The third kappa shape index (κ3) is 5.74. The Hall–Kier alpha value is -3.10. The maximum absolute atomic E-state index is 12.9. The van der Waals surface area contributed by atoms with Crippen LogP contribution >= 0.6 is 0 Å². The molecule has 0 radical (unpaired) electrons. The summed E-state index contributed by atoms with van der Waals surface area (Å²) >= 11 is 0. The number of hydrogen-bond acceptors (Lipinski definition) is 5. The number of ether oxygens (including phenoxy) is 1. The number of pyridine rings is 1. The Morgan fingerprint density at radius 3 is 2.77 bits per heavy atom. The van der Waals surface area contributed by atoms with Gasteiger partial charge in [-0.2, -0.15) is 13.2 Å². The van der Waals surface area contributed by atoms with E-state index in [2.05, 4.69) is 10.3 Å². The lowest BCUT2D eigenvalue weighted by atomic mass is 10.00. The van der Waals surface area contributed by atoms with E-state index in [1.165, 1.54) is 30.5 Å². The van der Waals surface area contributed by atoms with Gasteiger partial charge < -0.3 is 15.0 Å². The van der Waals surface area contributed by atoms with Crippen molar-refractivity contribution in [1.29, 1.82) is 0 Å². The summed E-state index contributed by atoms with van der Waals surface area (Å²) in [6.45, 7) is 2.26. The molecule has 0 bridgehead atoms. The number of piperidine rings is 1. The summed E-state index contributed by atoms with van der Waals surface area (Å²) in [7, 11) is 0. The average molecular weight is 435 g/mol. The van der Waals surface area contributed by atoms with Gasteiger partial charge in [0.25, 0.3) is 5.91 Å². The average Bonchev–Trinajstić information content (AvgIpc) is 2.77. The second kappa shape index (κ2) is 9.80. The van der Waals surface area contributed by atoms with Crippen molar-refractivity contribution < 1.29 is 27.5 Å². The first kappa shape index (κ1) is 22.6. The molecular weight excluding hydrogens is 411 g/mol. The van der Waals surface area contributed by atoms with Crippen LogP contribution in [0.3, 0.4) is 0 Å². The van der Waals surface area contributed by atoms with Gasteiger partial charge in [0.15, 0.2) is 6.61 Å². The number of carbonyl (C=O) groups excluding carboxylic acids is 2. The van der Waals surface area contributed by atoms with Crippen molar-refractivity contribution >= 4 is 23.4 Å². The fourth-order valence-corrected chi connectivity index (χ4v) is 3.62. The molecule has 166 valence electrons. The lowest BCUT2D eigenvalue weighted by Gasteiger charge is -2.35. The third-order valence-electron chi connectivity index (χ3n) is 5.23. The first-order valence-electron chi connectivity index (χ1n) is 10.2. The van der Waals surface area contributed by atoms with E-state index in [1.807, 2.05) is 6.92 Å². The molecule has 6 nitrogen and oxygen atoms in total. The Bertz CT molecular complexity index is 933. The molecule has 3 rings (SSSR count). The maximum Gasteiger partial charge on any atom is 0.416 e. The van der Waals surface area contributed by atoms with Gasteiger partial charge in [0.1, 0.15) is 11.4 Å². The Morgan fingerprint density at radius 2 is 2.03 bits per heavy atom. The van der Waals surface area contributed by atoms with Gasteiger partial charge in [-0.15, -0.1) is 0 Å². The van der Waals surface area contributed by atoms with Crippen LogP contribution in [0.5, 0.6) is 0 Å². The number of anilines is 2. The Morgan fingerprint density at radius 1 is 1.23 bits per heavy atom. The van der Waals surface area contributed by atoms with Crippen LogP contribution in [0, 0.1) is 0 Å². The molecule has 0 aliphatic carbocycles. The number of nitrogens with zero attached hydrogens (tertiary/aromatic N) is 2. The molecule has 0 unspecified atom stereocenters. The molecule has 1 N–H and O–H groups in total. The van der Waals surface area contributed by atoms with Crippen LogP contribution in [0.15, 0.2) is 42.6 Å². The van der Waals surface area contributed by atoms with Crippen molar-refractivity contribution in [3.8, 4) is 0 Å². The lowest BCUT2D eigenvalue weighted by molar-refractivity contribution is -0.138. The molecule has 1 saturated heterocycles. The normalized spacial score (nSPS) is 16.6. The van der Waals surface area contributed by atoms with Crippen LogP contribution in [0.4, 0.5) is 24.7 Å². The topological polar surface area (TPSA) is 71.5 Å². The first-order chi connectivity index (χ1) is 14.8. The number of carbonyl (C=O) groups is 2. The van der Waals surface area contributed by atoms with Crippen LogP contribution in [0.1, 0.15) is 48.5 Å². The number of rotatable bonds is 6. The van der Waals surface area contributed by atoms with Crippen LogP contribution in [-0.2, 0) is 15.7 Å². The van der Waals surface area contributed by atoms with E-state index >= 15 is 0 Å². The quantitative estimate of drug-likeness (QED) is 0.661. The molecule has 1 aliphatic rings. The number of likely N-dealkylation sites (tertiary alicyclic amines) is 1. The molecule has 1 amide bonds. The van der Waals surface area contributed by atoms with E-state index in [9.17, 15) is 22.8 Å². The number of halogens is 3. The molecule has 31 heavy (non-hydrogen) atoms. The minimum absolute atomic E-state index is 0.0263. The predicted octanol–water partition coefficient (Wildman–Crippen LogP) is 4.79. The van der Waals surface area contributed by atoms with Gasteiger partial charge in [0, 0.05) is 24.5 Å². The minimum atomic E-state index is -4.49. The van der Waals surface area contributed by atoms with E-state index in [4.69, 9.17) is 4.74 Å². The molecule has 2 heterocycles. The number of alkyl halides is 3. The Balaban J connectivity index is 1.68. The largest absolute Gasteiger partial charge is 0.452 e. The van der Waals surface area contributed by atoms with Crippen LogP contribution < -0.4 is 5.32 Å². The van der Waals surface area contributed by atoms with Crippen LogP contribution in [0.2, 0.25) is 0 Å². The highest BCUT2D eigenvalue weighted by Gasteiger charge is 2.30. The van der Waals surface area contributed by atoms with E-state index < -0.39 is 24.3 Å². The van der Waals surface area contributed by atoms with Crippen LogP contribution in [0.25, 0.3) is 0 Å². The van der Waals surface area contributed by atoms with Gasteiger partial charge in [-0.1, -0.05) is 13.0 Å². The molecular formula is C22H24F3N3O3. The van der Waals surface area contributed by atoms with E-state index in [0.717, 1.165) is 37.8 Å². The zero-order chi connectivity index (χ0) is 22.4. The first-order valence-corrected chi connectivity index (χ1v) is 10.2. The van der Waals surface area contributed by atoms with E-state index in [1.54, 1.807) is 4.90 Å². The molecule has 2 aromatic rings. The van der Waals surface area contributed by atoms with Gasteiger partial charge in [-0.25, -0.2) is 9.78 Å². The van der Waals surface area contributed by atoms with Crippen molar-refractivity contribution in [1.82, 2.24) is 9.88 Å². The summed E-state index contributed by atoms with van der Waals surface area (Å²) < 4.78 is 44.0. The summed E-state index contributed by atoms with van der Waals surface area (Å²) in [6, 6.07) is 7.66. The standard InChI is InChI=1S/C22H24F3N3O3/c1-2-17-9-3-4-12-28(17)19(29)14-31-21(30)18-10-6-11-26-20(18)27-16-8-5-7-15(13-16)22(23,24)25/h5-8,10-11,13,17H,2-4,9,12,14H2,1H3,(H,26,27)/t17-/m0/s1. The van der Waals surface area contributed by atoms with Gasteiger partial charge in [0.05, 0.1) is 5.56 Å². The summed E-state index contributed by atoms with van der Waals surface area (Å²) in [5.41, 5.74) is -0.675. The zero-order valence-corrected chi connectivity index (χ0v) is 17.1. The van der Waals surface area contributed by atoms with Gasteiger partial charge >= 0.3 is 12.1 Å². The highest BCUT2D eigenvalue weighted by Crippen LogP contribution is 2.31. The van der Waals surface area contributed by atoms with Gasteiger partial charge in [-0.05, 0) is 56.0 Å². The minimum Gasteiger partial charge on any atom is -0.452 e. The number of amides is 1. The smallest absolute Gasteiger partial charge is 0.416 e. The second-order valence-electron chi connectivity index (χ2n) is 7.32. The summed E-state index contributed by atoms with van der Waals surface area (Å²) in [5, 5.41) is 2.73. The van der Waals surface area contributed by atoms with Crippen molar-refractivity contribution in [2.24, 2.45) is 0 Å². The predicted molar refractivity (Wildman–Crippen MR) is 109 cm³/mol. The Labute approximate surface area is 178 Å².